The van der Waals surface area contributed by atoms with Crippen molar-refractivity contribution in [2.45, 2.75) is 6.92 Å². The lowest BCUT2D eigenvalue weighted by Gasteiger charge is -2.23. The Hall–Kier alpha value is -2.44. The van der Waals surface area contributed by atoms with Crippen LogP contribution in [-0.2, 0) is 4.74 Å². The van der Waals surface area contributed by atoms with Crippen LogP contribution in [0.4, 0.5) is 5.69 Å². The molecule has 0 saturated heterocycles. The van der Waals surface area contributed by atoms with Gasteiger partial charge >= 0.3 is 0 Å². The van der Waals surface area contributed by atoms with Gasteiger partial charge in [0.05, 0.1) is 6.61 Å². The van der Waals surface area contributed by atoms with Crippen LogP contribution in [0.2, 0.25) is 0 Å². The zero-order chi connectivity index (χ0) is 18.1. The summed E-state index contributed by atoms with van der Waals surface area (Å²) < 4.78 is 10.4. The Morgan fingerprint density at radius 1 is 1.08 bits per heavy atom. The van der Waals surface area contributed by atoms with E-state index in [1.807, 2.05) is 42.2 Å². The van der Waals surface area contributed by atoms with Crippen molar-refractivity contribution < 1.29 is 14.3 Å². The molecule has 2 aromatic carbocycles. The van der Waals surface area contributed by atoms with Crippen molar-refractivity contribution in [3.05, 3.63) is 60.2 Å². The van der Waals surface area contributed by atoms with Crippen molar-refractivity contribution in [1.82, 2.24) is 5.32 Å². The van der Waals surface area contributed by atoms with Gasteiger partial charge in [-0.05, 0) is 55.5 Å². The van der Waals surface area contributed by atoms with Gasteiger partial charge in [0.1, 0.15) is 12.4 Å². The number of methoxy groups -OCH3 is 1. The van der Waals surface area contributed by atoms with Gasteiger partial charge in [-0.3, -0.25) is 10.1 Å². The number of carbonyl (C=O) groups is 1. The zero-order valence-corrected chi connectivity index (χ0v) is 15.2. The van der Waals surface area contributed by atoms with E-state index in [1.54, 1.807) is 31.4 Å². The summed E-state index contributed by atoms with van der Waals surface area (Å²) in [7, 11) is 1.62. The first kappa shape index (κ1) is 18.9. The van der Waals surface area contributed by atoms with Gasteiger partial charge in [-0.25, -0.2) is 0 Å². The molecule has 0 aliphatic rings. The number of thiocarbonyl (C=S) groups is 1. The summed E-state index contributed by atoms with van der Waals surface area (Å²) in [6.07, 6.45) is 0. The highest BCUT2D eigenvalue weighted by molar-refractivity contribution is 7.80. The molecule has 6 heteroatoms. The fourth-order valence-corrected chi connectivity index (χ4v) is 2.56. The topological polar surface area (TPSA) is 50.8 Å². The maximum atomic E-state index is 12.4. The van der Waals surface area contributed by atoms with Gasteiger partial charge in [0.2, 0.25) is 0 Å². The van der Waals surface area contributed by atoms with E-state index in [4.69, 9.17) is 21.7 Å². The first-order valence-corrected chi connectivity index (χ1v) is 8.46. The molecule has 132 valence electrons. The molecule has 1 N–H and O–H groups in total. The van der Waals surface area contributed by atoms with Gasteiger partial charge < -0.3 is 14.4 Å². The van der Waals surface area contributed by atoms with E-state index in [2.05, 4.69) is 5.32 Å². The SMILES string of the molecule is CCN(C(=S)NC(=O)c1ccc(OCCOC)cc1)c1ccccc1. The minimum Gasteiger partial charge on any atom is -0.491 e. The van der Waals surface area contributed by atoms with Crippen molar-refractivity contribution in [2.75, 3.05) is 31.8 Å². The molecule has 0 aromatic heterocycles. The molecule has 0 aliphatic heterocycles. The first-order valence-electron chi connectivity index (χ1n) is 8.05. The summed E-state index contributed by atoms with van der Waals surface area (Å²) in [5.41, 5.74) is 1.46. The highest BCUT2D eigenvalue weighted by Gasteiger charge is 2.14. The maximum Gasteiger partial charge on any atom is 0.257 e. The van der Waals surface area contributed by atoms with Crippen molar-refractivity contribution >= 4 is 28.9 Å². The minimum absolute atomic E-state index is 0.247. The lowest BCUT2D eigenvalue weighted by Crippen LogP contribution is -2.42. The molecule has 0 spiro atoms. The predicted octanol–water partition coefficient (Wildman–Crippen LogP) is 3.25. The number of hydrogen-bond acceptors (Lipinski definition) is 4. The van der Waals surface area contributed by atoms with Gasteiger partial charge in [0.15, 0.2) is 5.11 Å². The van der Waals surface area contributed by atoms with Crippen LogP contribution in [0.25, 0.3) is 0 Å². The number of nitrogens with one attached hydrogen (secondary N) is 1. The molecule has 5 nitrogen and oxygen atoms in total. The van der Waals surface area contributed by atoms with Crippen molar-refractivity contribution in [3.63, 3.8) is 0 Å². The van der Waals surface area contributed by atoms with E-state index in [0.29, 0.717) is 36.2 Å². The zero-order valence-electron chi connectivity index (χ0n) is 14.4. The lowest BCUT2D eigenvalue weighted by molar-refractivity contribution is 0.0977. The van der Waals surface area contributed by atoms with Crippen LogP contribution in [0.15, 0.2) is 54.6 Å². The molecule has 0 aliphatic carbocycles. The molecule has 0 atom stereocenters. The van der Waals surface area contributed by atoms with Crippen LogP contribution in [0.5, 0.6) is 5.75 Å². The Kier molecular flexibility index (Phi) is 7.37. The van der Waals surface area contributed by atoms with E-state index in [9.17, 15) is 4.79 Å². The second-order valence-electron chi connectivity index (χ2n) is 5.20. The smallest absolute Gasteiger partial charge is 0.257 e. The largest absolute Gasteiger partial charge is 0.491 e. The second-order valence-corrected chi connectivity index (χ2v) is 5.59. The highest BCUT2D eigenvalue weighted by Crippen LogP contribution is 2.14. The number of carbonyl (C=O) groups excluding carboxylic acids is 1. The van der Waals surface area contributed by atoms with Crippen LogP contribution < -0.4 is 15.0 Å². The Balaban J connectivity index is 1.97. The number of rotatable bonds is 7. The van der Waals surface area contributed by atoms with Gasteiger partial charge in [0, 0.05) is 24.9 Å². The normalized spacial score (nSPS) is 10.2. The highest BCUT2D eigenvalue weighted by atomic mass is 32.1. The molecule has 0 radical (unpaired) electrons. The van der Waals surface area contributed by atoms with Crippen LogP contribution in [0.3, 0.4) is 0 Å². The maximum absolute atomic E-state index is 12.4. The molecule has 0 heterocycles. The standard InChI is InChI=1S/C19H22N2O3S/c1-3-21(16-7-5-4-6-8-16)19(25)20-18(22)15-9-11-17(12-10-15)24-14-13-23-2/h4-12H,3,13-14H2,1-2H3,(H,20,22,25). The molecule has 0 unspecified atom stereocenters. The number of nitrogens with zero attached hydrogens (tertiary/aromatic N) is 1. The number of anilines is 1. The number of hydrogen-bond donors (Lipinski definition) is 1. The van der Waals surface area contributed by atoms with Crippen LogP contribution in [0.1, 0.15) is 17.3 Å². The molecule has 0 saturated carbocycles. The van der Waals surface area contributed by atoms with E-state index in [-0.39, 0.29) is 5.91 Å². The Bertz CT molecular complexity index is 690. The van der Waals surface area contributed by atoms with E-state index >= 15 is 0 Å². The third-order valence-electron chi connectivity index (χ3n) is 3.52. The number of benzene rings is 2. The molecule has 2 aromatic rings. The summed E-state index contributed by atoms with van der Waals surface area (Å²) in [6, 6.07) is 16.6. The summed E-state index contributed by atoms with van der Waals surface area (Å²) in [6.45, 7) is 3.63. The predicted molar refractivity (Wildman–Crippen MR) is 103 cm³/mol. The van der Waals surface area contributed by atoms with E-state index < -0.39 is 0 Å². The second kappa shape index (κ2) is 9.76. The van der Waals surface area contributed by atoms with Crippen LogP contribution in [0, 0.1) is 0 Å². The first-order chi connectivity index (χ1) is 12.2. The third kappa shape index (κ3) is 5.55. The van der Waals surface area contributed by atoms with Gasteiger partial charge in [-0.2, -0.15) is 0 Å². The fraction of sp³-hybridized carbons (Fsp3) is 0.263. The number of ether oxygens (including phenoxy) is 2. The van der Waals surface area contributed by atoms with E-state index in [1.165, 1.54) is 0 Å². The number of amides is 1. The average Bonchev–Trinajstić information content (AvgIpc) is 2.64. The van der Waals surface area contributed by atoms with Crippen molar-refractivity contribution in [1.29, 1.82) is 0 Å². The van der Waals surface area contributed by atoms with Crippen molar-refractivity contribution in [3.8, 4) is 5.75 Å². The Morgan fingerprint density at radius 3 is 2.36 bits per heavy atom. The minimum atomic E-state index is -0.247. The Morgan fingerprint density at radius 2 is 1.76 bits per heavy atom. The quantitative estimate of drug-likeness (QED) is 0.608. The Labute approximate surface area is 153 Å². The molecular weight excluding hydrogens is 336 g/mol. The molecule has 2 rings (SSSR count). The summed E-state index contributed by atoms with van der Waals surface area (Å²) in [4.78, 5) is 14.3. The third-order valence-corrected chi connectivity index (χ3v) is 3.84. The van der Waals surface area contributed by atoms with E-state index in [0.717, 1.165) is 5.69 Å². The average molecular weight is 358 g/mol. The molecule has 1 amide bonds. The summed E-state index contributed by atoms with van der Waals surface area (Å²) in [5, 5.41) is 3.15. The summed E-state index contributed by atoms with van der Waals surface area (Å²) in [5.74, 6) is 0.443. The van der Waals surface area contributed by atoms with Crippen molar-refractivity contribution in [2.24, 2.45) is 0 Å². The molecule has 0 fully saturated rings. The fourth-order valence-electron chi connectivity index (χ4n) is 2.23. The molecular formula is C19H22N2O3S. The van der Waals surface area contributed by atoms with Gasteiger partial charge in [-0.15, -0.1) is 0 Å². The van der Waals surface area contributed by atoms with Gasteiger partial charge in [-0.1, -0.05) is 18.2 Å². The lowest BCUT2D eigenvalue weighted by atomic mass is 10.2. The summed E-state index contributed by atoms with van der Waals surface area (Å²) >= 11 is 5.38. The number of para-hydroxylation sites is 1. The monoisotopic (exact) mass is 358 g/mol. The van der Waals surface area contributed by atoms with Gasteiger partial charge in [0.25, 0.3) is 5.91 Å². The van der Waals surface area contributed by atoms with Crippen LogP contribution >= 0.6 is 12.2 Å². The molecule has 0 bridgehead atoms. The molecule has 25 heavy (non-hydrogen) atoms. The van der Waals surface area contributed by atoms with Crippen LogP contribution in [-0.4, -0.2) is 37.9 Å².